The maximum absolute atomic E-state index is 13.0. The van der Waals surface area contributed by atoms with Crippen LogP contribution in [0.25, 0.3) is 0 Å². The largest absolute Gasteiger partial charge is 0.489 e. The average molecular weight is 376 g/mol. The normalized spacial score (nSPS) is 20.2. The van der Waals surface area contributed by atoms with Crippen molar-refractivity contribution < 1.29 is 14.1 Å². The molecule has 1 atom stereocenters. The lowest BCUT2D eigenvalue weighted by atomic mass is 10.1. The van der Waals surface area contributed by atoms with Crippen LogP contribution in [-0.4, -0.2) is 53.1 Å². The van der Waals surface area contributed by atoms with Crippen LogP contribution in [0.2, 0.25) is 5.02 Å². The number of aryl methyl sites for hydroxylation is 1. The molecule has 1 amide bonds. The fourth-order valence-corrected chi connectivity index (χ4v) is 3.95. The Morgan fingerprint density at radius 2 is 2.27 bits per heavy atom. The lowest BCUT2D eigenvalue weighted by molar-refractivity contribution is 0.0559. The molecule has 6 nitrogen and oxygen atoms in total. The highest BCUT2D eigenvalue weighted by Crippen LogP contribution is 2.25. The summed E-state index contributed by atoms with van der Waals surface area (Å²) >= 11 is 5.99. The third kappa shape index (κ3) is 3.44. The van der Waals surface area contributed by atoms with Crippen molar-refractivity contribution in [3.05, 3.63) is 46.3 Å². The molecule has 0 bridgehead atoms. The zero-order valence-electron chi connectivity index (χ0n) is 14.8. The van der Waals surface area contributed by atoms with Crippen molar-refractivity contribution >= 4 is 17.5 Å². The Labute approximate surface area is 157 Å². The van der Waals surface area contributed by atoms with Crippen molar-refractivity contribution in [2.45, 2.75) is 32.4 Å². The quantitative estimate of drug-likeness (QED) is 0.821. The second-order valence-electron chi connectivity index (χ2n) is 6.90. The third-order valence-corrected chi connectivity index (χ3v) is 5.48. The minimum Gasteiger partial charge on any atom is -0.489 e. The summed E-state index contributed by atoms with van der Waals surface area (Å²) in [5.74, 6) is 1.18. The highest BCUT2D eigenvalue weighted by atomic mass is 35.5. The van der Waals surface area contributed by atoms with Crippen molar-refractivity contribution in [3.8, 4) is 5.75 Å². The number of hydrogen-bond donors (Lipinski definition) is 0. The van der Waals surface area contributed by atoms with Crippen LogP contribution >= 0.6 is 11.6 Å². The maximum Gasteiger partial charge on any atom is 0.276 e. The van der Waals surface area contributed by atoms with Gasteiger partial charge in [-0.25, -0.2) is 0 Å². The molecule has 0 N–H and O–H groups in total. The number of aromatic nitrogens is 1. The van der Waals surface area contributed by atoms with Gasteiger partial charge >= 0.3 is 0 Å². The Hall–Kier alpha value is -2.05. The molecule has 1 aromatic heterocycles. The van der Waals surface area contributed by atoms with Gasteiger partial charge in [-0.3, -0.25) is 9.69 Å². The molecular weight excluding hydrogens is 354 g/mol. The summed E-state index contributed by atoms with van der Waals surface area (Å²) in [6.45, 7) is 5.60. The Balaban J connectivity index is 1.47. The van der Waals surface area contributed by atoms with Crippen LogP contribution in [0.1, 0.15) is 34.7 Å². The first kappa shape index (κ1) is 17.4. The number of hydrogen-bond acceptors (Lipinski definition) is 5. The van der Waals surface area contributed by atoms with Crippen LogP contribution in [0.3, 0.4) is 0 Å². The van der Waals surface area contributed by atoms with Crippen LogP contribution in [0.5, 0.6) is 5.75 Å². The van der Waals surface area contributed by atoms with E-state index in [-0.39, 0.29) is 12.5 Å². The summed E-state index contributed by atoms with van der Waals surface area (Å²) in [4.78, 5) is 17.4. The molecule has 0 radical (unpaired) electrons. The SMILES string of the molecule is Cc1onc(C(=O)N2CCN3CCCC3C2)c1COc1cccc(Cl)c1. The van der Waals surface area contributed by atoms with Crippen molar-refractivity contribution in [2.24, 2.45) is 0 Å². The first-order valence-corrected chi connectivity index (χ1v) is 9.36. The summed E-state index contributed by atoms with van der Waals surface area (Å²) in [7, 11) is 0. The number of fused-ring (bicyclic) bond motifs is 1. The minimum atomic E-state index is -0.0712. The van der Waals surface area contributed by atoms with E-state index in [1.165, 1.54) is 6.42 Å². The van der Waals surface area contributed by atoms with Crippen molar-refractivity contribution in [1.29, 1.82) is 0 Å². The van der Waals surface area contributed by atoms with Gasteiger partial charge in [0, 0.05) is 30.7 Å². The van der Waals surface area contributed by atoms with Crippen LogP contribution < -0.4 is 4.74 Å². The molecule has 3 heterocycles. The number of rotatable bonds is 4. The van der Waals surface area contributed by atoms with E-state index in [0.29, 0.717) is 33.8 Å². The van der Waals surface area contributed by atoms with Gasteiger partial charge in [0.1, 0.15) is 18.1 Å². The molecule has 7 heteroatoms. The molecule has 138 valence electrons. The van der Waals surface area contributed by atoms with Gasteiger partial charge in [-0.1, -0.05) is 22.8 Å². The van der Waals surface area contributed by atoms with Gasteiger partial charge in [0.05, 0.1) is 5.56 Å². The average Bonchev–Trinajstić information content (AvgIpc) is 3.25. The van der Waals surface area contributed by atoms with Gasteiger partial charge < -0.3 is 14.2 Å². The maximum atomic E-state index is 13.0. The molecule has 2 fully saturated rings. The van der Waals surface area contributed by atoms with Crippen LogP contribution in [0.4, 0.5) is 0 Å². The highest BCUT2D eigenvalue weighted by Gasteiger charge is 2.34. The van der Waals surface area contributed by atoms with Gasteiger partial charge in [-0.05, 0) is 44.5 Å². The van der Waals surface area contributed by atoms with Crippen molar-refractivity contribution in [2.75, 3.05) is 26.2 Å². The van der Waals surface area contributed by atoms with E-state index in [0.717, 1.165) is 32.6 Å². The lowest BCUT2D eigenvalue weighted by Gasteiger charge is -2.37. The third-order valence-electron chi connectivity index (χ3n) is 5.24. The van der Waals surface area contributed by atoms with Gasteiger partial charge in [-0.2, -0.15) is 0 Å². The van der Waals surface area contributed by atoms with Gasteiger partial charge in [0.2, 0.25) is 0 Å². The molecule has 0 aliphatic carbocycles. The monoisotopic (exact) mass is 375 g/mol. The van der Waals surface area contributed by atoms with Crippen molar-refractivity contribution in [1.82, 2.24) is 15.0 Å². The molecular formula is C19H22ClN3O3. The first-order chi connectivity index (χ1) is 12.6. The van der Waals surface area contributed by atoms with Crippen LogP contribution in [-0.2, 0) is 6.61 Å². The number of ether oxygens (including phenoxy) is 1. The summed E-state index contributed by atoms with van der Waals surface area (Å²) in [6.07, 6.45) is 2.38. The molecule has 2 aromatic rings. The second kappa shape index (κ2) is 7.29. The number of carbonyl (C=O) groups excluding carboxylic acids is 1. The number of amides is 1. The zero-order chi connectivity index (χ0) is 18.1. The van der Waals surface area contributed by atoms with E-state index in [1.54, 1.807) is 19.1 Å². The van der Waals surface area contributed by atoms with Crippen LogP contribution in [0.15, 0.2) is 28.8 Å². The van der Waals surface area contributed by atoms with E-state index in [2.05, 4.69) is 10.1 Å². The molecule has 4 rings (SSSR count). The van der Waals surface area contributed by atoms with E-state index in [1.807, 2.05) is 17.0 Å². The Kier molecular flexibility index (Phi) is 4.87. The fraction of sp³-hybridized carbons (Fsp3) is 0.474. The summed E-state index contributed by atoms with van der Waals surface area (Å²) in [5, 5.41) is 4.63. The van der Waals surface area contributed by atoms with Crippen molar-refractivity contribution in [3.63, 3.8) is 0 Å². The summed E-state index contributed by atoms with van der Waals surface area (Å²) in [5.41, 5.74) is 1.06. The molecule has 2 aliphatic rings. The lowest BCUT2D eigenvalue weighted by Crippen LogP contribution is -2.52. The van der Waals surface area contributed by atoms with Gasteiger partial charge in [-0.15, -0.1) is 0 Å². The zero-order valence-corrected chi connectivity index (χ0v) is 15.5. The van der Waals surface area contributed by atoms with E-state index in [4.69, 9.17) is 20.9 Å². The smallest absolute Gasteiger partial charge is 0.276 e. The number of carbonyl (C=O) groups is 1. The van der Waals surface area contributed by atoms with E-state index < -0.39 is 0 Å². The standard InChI is InChI=1S/C19H22ClN3O3/c1-13-17(12-25-16-6-2-4-14(20)10-16)18(21-26-13)19(24)23-9-8-22-7-3-5-15(22)11-23/h2,4,6,10,15H,3,5,7-9,11-12H2,1H3. The van der Waals surface area contributed by atoms with Gasteiger partial charge in [0.15, 0.2) is 5.69 Å². The highest BCUT2D eigenvalue weighted by molar-refractivity contribution is 6.30. The molecule has 0 spiro atoms. The second-order valence-corrected chi connectivity index (χ2v) is 7.33. The topological polar surface area (TPSA) is 58.8 Å². The molecule has 1 unspecified atom stereocenters. The van der Waals surface area contributed by atoms with Gasteiger partial charge in [0.25, 0.3) is 5.91 Å². The Morgan fingerprint density at radius 3 is 3.12 bits per heavy atom. The minimum absolute atomic E-state index is 0.0712. The number of nitrogens with zero attached hydrogens (tertiary/aromatic N) is 3. The first-order valence-electron chi connectivity index (χ1n) is 8.98. The summed E-state index contributed by atoms with van der Waals surface area (Å²) < 4.78 is 11.1. The van der Waals surface area contributed by atoms with E-state index in [9.17, 15) is 4.79 Å². The summed E-state index contributed by atoms with van der Waals surface area (Å²) in [6, 6.07) is 7.66. The molecule has 2 saturated heterocycles. The number of piperazine rings is 1. The number of halogens is 1. The fourth-order valence-electron chi connectivity index (χ4n) is 3.77. The molecule has 0 saturated carbocycles. The van der Waals surface area contributed by atoms with Crippen LogP contribution in [0, 0.1) is 6.92 Å². The Bertz CT molecular complexity index is 807. The molecule has 1 aromatic carbocycles. The predicted octanol–water partition coefficient (Wildman–Crippen LogP) is 3.14. The van der Waals surface area contributed by atoms with E-state index >= 15 is 0 Å². The molecule has 2 aliphatic heterocycles. The Morgan fingerprint density at radius 1 is 1.38 bits per heavy atom. The molecule has 26 heavy (non-hydrogen) atoms. The predicted molar refractivity (Wildman–Crippen MR) is 97.5 cm³/mol. The number of benzene rings is 1.